The van der Waals surface area contributed by atoms with Crippen LogP contribution in [0.2, 0.25) is 0 Å². The van der Waals surface area contributed by atoms with Gasteiger partial charge in [-0.15, -0.1) is 11.8 Å². The molecule has 1 N–H and O–H groups in total. The summed E-state index contributed by atoms with van der Waals surface area (Å²) in [6.45, 7) is 8.15. The Labute approximate surface area is 260 Å². The van der Waals surface area contributed by atoms with E-state index in [0.29, 0.717) is 35.9 Å². The molecule has 3 aromatic heterocycles. The summed E-state index contributed by atoms with van der Waals surface area (Å²) in [7, 11) is 0. The zero-order valence-electron chi connectivity index (χ0n) is 24.5. The molecule has 7 rings (SSSR count). The van der Waals surface area contributed by atoms with E-state index in [2.05, 4.69) is 31.8 Å². The third-order valence-corrected chi connectivity index (χ3v) is 9.30. The molecule has 2 atom stereocenters. The highest BCUT2D eigenvalue weighted by Crippen LogP contribution is 2.42. The number of anilines is 2. The third kappa shape index (κ3) is 4.83. The molecule has 0 spiro atoms. The number of carbonyl (C=O) groups is 2. The number of thioether (sulfide) groups is 1. The minimum atomic E-state index is -0.859. The lowest BCUT2D eigenvalue weighted by Crippen LogP contribution is -2.49. The summed E-state index contributed by atoms with van der Waals surface area (Å²) in [6.07, 6.45) is 3.37. The predicted molar refractivity (Wildman–Crippen MR) is 166 cm³/mol. The molecule has 1 saturated heterocycles. The van der Waals surface area contributed by atoms with Gasteiger partial charge in [0.05, 0.1) is 34.4 Å². The van der Waals surface area contributed by atoms with Gasteiger partial charge in [-0.05, 0) is 36.6 Å². The molecule has 5 heterocycles. The molecule has 2 aliphatic heterocycles. The molecule has 4 aromatic rings. The van der Waals surface area contributed by atoms with Gasteiger partial charge in [0.15, 0.2) is 11.5 Å². The van der Waals surface area contributed by atoms with Crippen molar-refractivity contribution in [3.63, 3.8) is 0 Å². The molecular weight excluding hydrogens is 602 g/mol. The highest BCUT2D eigenvalue weighted by molar-refractivity contribution is 7.99. The minimum Gasteiger partial charge on any atom is -0.349 e. The van der Waals surface area contributed by atoms with Crippen molar-refractivity contribution >= 4 is 46.1 Å². The number of hydrogen-bond acceptors (Lipinski definition) is 9. The van der Waals surface area contributed by atoms with Crippen LogP contribution in [0.5, 0.6) is 0 Å². The number of carbonyl (C=O) groups excluding carboxylic acids is 2. The van der Waals surface area contributed by atoms with Crippen molar-refractivity contribution in [1.82, 2.24) is 29.4 Å². The average molecular weight is 631 g/mol. The first-order chi connectivity index (χ1) is 21.7. The topological polar surface area (TPSA) is 126 Å². The van der Waals surface area contributed by atoms with Crippen LogP contribution in [0.3, 0.4) is 0 Å². The van der Waals surface area contributed by atoms with Gasteiger partial charge >= 0.3 is 5.69 Å². The maximum atomic E-state index is 16.2. The van der Waals surface area contributed by atoms with E-state index in [9.17, 15) is 14.4 Å². The lowest BCUT2D eigenvalue weighted by Gasteiger charge is -2.35. The lowest BCUT2D eigenvalue weighted by molar-refractivity contribution is -0.127. The van der Waals surface area contributed by atoms with Crippen molar-refractivity contribution in [3.8, 4) is 16.9 Å². The standard InChI is InChI=1S/C31H28F2N8O3S/c1-4-23(43)39-9-10-40(21-13-20(21)39)28-16-12-18(33)26-24-17(32)6-5-7-19(24)36-22(42)8-11-45-30-27(25(15(2)3)34-14-35-30)41(29(16)37-26)31(44)38-28/h4-7,12,14-15,20-21H,1,8-11,13H2,2-3H3,(H,36,42)/t20-,21+/m0/s1. The Bertz CT molecular complexity index is 1980. The van der Waals surface area contributed by atoms with E-state index in [1.807, 2.05) is 18.7 Å². The number of nitrogens with one attached hydrogen (secondary N) is 1. The first-order valence-corrected chi connectivity index (χ1v) is 15.6. The highest BCUT2D eigenvalue weighted by atomic mass is 32.2. The fourth-order valence-corrected chi connectivity index (χ4v) is 7.11. The number of pyridine rings is 1. The van der Waals surface area contributed by atoms with Crippen molar-refractivity contribution in [2.24, 2.45) is 0 Å². The molecule has 14 heteroatoms. The number of halogens is 2. The average Bonchev–Trinajstić information content (AvgIpc) is 3.81. The van der Waals surface area contributed by atoms with Crippen molar-refractivity contribution < 1.29 is 18.4 Å². The second-order valence-electron chi connectivity index (χ2n) is 11.4. The monoisotopic (exact) mass is 630 g/mol. The Morgan fingerprint density at radius 1 is 1.13 bits per heavy atom. The van der Waals surface area contributed by atoms with E-state index in [0.717, 1.165) is 6.07 Å². The number of hydrogen-bond donors (Lipinski definition) is 1. The summed E-state index contributed by atoms with van der Waals surface area (Å²) in [6, 6.07) is 5.04. The summed E-state index contributed by atoms with van der Waals surface area (Å²) >= 11 is 1.26. The molecule has 2 fully saturated rings. The Morgan fingerprint density at radius 3 is 2.73 bits per heavy atom. The summed E-state index contributed by atoms with van der Waals surface area (Å²) in [5.74, 6) is -1.87. The van der Waals surface area contributed by atoms with Crippen LogP contribution in [0, 0.1) is 11.6 Å². The zero-order chi connectivity index (χ0) is 31.6. The van der Waals surface area contributed by atoms with Crippen molar-refractivity contribution in [1.29, 1.82) is 0 Å². The number of rotatable bonds is 3. The van der Waals surface area contributed by atoms with Gasteiger partial charge in [0, 0.05) is 25.3 Å². The lowest BCUT2D eigenvalue weighted by atomic mass is 10.1. The fraction of sp³-hybridized carbons (Fsp3) is 0.323. The van der Waals surface area contributed by atoms with Gasteiger partial charge in [-0.2, -0.15) is 4.98 Å². The van der Waals surface area contributed by atoms with E-state index in [4.69, 9.17) is 0 Å². The molecule has 0 radical (unpaired) electrons. The SMILES string of the molecule is C=CC(=O)N1CCN(c2nc(=O)n3c4nc(c(F)cc24)-c2c(F)cccc2NC(=O)CCSc2ncnc(C(C)C)c2-3)[C@@H]2C[C@@H]21. The molecule has 230 valence electrons. The van der Waals surface area contributed by atoms with E-state index in [1.54, 1.807) is 4.90 Å². The van der Waals surface area contributed by atoms with Crippen LogP contribution < -0.4 is 15.9 Å². The zero-order valence-corrected chi connectivity index (χ0v) is 25.3. The maximum absolute atomic E-state index is 16.2. The van der Waals surface area contributed by atoms with Crippen LogP contribution in [0.25, 0.3) is 28.0 Å². The third-order valence-electron chi connectivity index (χ3n) is 8.32. The van der Waals surface area contributed by atoms with Gasteiger partial charge in [-0.25, -0.2) is 33.1 Å². The largest absolute Gasteiger partial charge is 0.355 e. The second-order valence-corrected chi connectivity index (χ2v) is 12.5. The molecule has 3 aliphatic rings. The maximum Gasteiger partial charge on any atom is 0.355 e. The fourth-order valence-electron chi connectivity index (χ4n) is 6.18. The van der Waals surface area contributed by atoms with Crippen LogP contribution in [-0.2, 0) is 9.59 Å². The second kappa shape index (κ2) is 11.0. The number of amides is 2. The quantitative estimate of drug-likeness (QED) is 0.264. The van der Waals surface area contributed by atoms with Crippen molar-refractivity contribution in [3.05, 3.63) is 71.1 Å². The smallest absolute Gasteiger partial charge is 0.349 e. The Morgan fingerprint density at radius 2 is 1.96 bits per heavy atom. The van der Waals surface area contributed by atoms with Crippen LogP contribution in [0.4, 0.5) is 20.3 Å². The predicted octanol–water partition coefficient (Wildman–Crippen LogP) is 4.05. The van der Waals surface area contributed by atoms with Gasteiger partial charge < -0.3 is 15.1 Å². The number of fused-ring (bicyclic) bond motifs is 6. The Balaban J connectivity index is 1.54. The number of nitrogens with zero attached hydrogens (tertiary/aromatic N) is 7. The number of piperazine rings is 1. The normalized spacial score (nSPS) is 19.2. The van der Waals surface area contributed by atoms with E-state index < -0.39 is 23.2 Å². The van der Waals surface area contributed by atoms with Crippen LogP contribution >= 0.6 is 11.8 Å². The van der Waals surface area contributed by atoms with Gasteiger partial charge in [-0.3, -0.25) is 9.59 Å². The van der Waals surface area contributed by atoms with Crippen LogP contribution in [0.1, 0.15) is 38.3 Å². The van der Waals surface area contributed by atoms with Crippen molar-refractivity contribution in [2.75, 3.05) is 29.1 Å². The van der Waals surface area contributed by atoms with E-state index >= 15 is 8.78 Å². The number of benzene rings is 1. The van der Waals surface area contributed by atoms with Gasteiger partial charge in [0.25, 0.3) is 0 Å². The highest BCUT2D eigenvalue weighted by Gasteiger charge is 2.51. The minimum absolute atomic E-state index is 0.0406. The van der Waals surface area contributed by atoms with Gasteiger partial charge in [-0.1, -0.05) is 26.5 Å². The molecule has 11 nitrogen and oxygen atoms in total. The molecule has 1 aliphatic carbocycles. The summed E-state index contributed by atoms with van der Waals surface area (Å²) in [4.78, 5) is 61.2. The molecular formula is C31H28F2N8O3S. The Hall–Kier alpha value is -4.72. The molecule has 1 aromatic carbocycles. The summed E-state index contributed by atoms with van der Waals surface area (Å²) in [5.41, 5.74) is -0.340. The molecule has 2 bridgehead atoms. The number of aromatic nitrogens is 5. The summed E-state index contributed by atoms with van der Waals surface area (Å²) in [5, 5.41) is 3.36. The van der Waals surface area contributed by atoms with E-state index in [1.165, 1.54) is 46.9 Å². The van der Waals surface area contributed by atoms with Gasteiger partial charge in [0.1, 0.15) is 34.4 Å². The Kier molecular flexibility index (Phi) is 7.10. The van der Waals surface area contributed by atoms with E-state index in [-0.39, 0.29) is 69.9 Å². The van der Waals surface area contributed by atoms with Crippen molar-refractivity contribution in [2.45, 2.75) is 49.7 Å². The van der Waals surface area contributed by atoms with Gasteiger partial charge in [0.2, 0.25) is 11.8 Å². The molecule has 1 saturated carbocycles. The first kappa shape index (κ1) is 29.0. The summed E-state index contributed by atoms with van der Waals surface area (Å²) < 4.78 is 33.0. The van der Waals surface area contributed by atoms with Crippen LogP contribution in [-0.4, -0.2) is 72.1 Å². The first-order valence-electron chi connectivity index (χ1n) is 14.6. The molecule has 0 unspecified atom stereocenters. The van der Waals surface area contributed by atoms with Crippen LogP contribution in [0.15, 0.2) is 53.1 Å². The molecule has 2 amide bonds. The molecule has 45 heavy (non-hydrogen) atoms.